The van der Waals surface area contributed by atoms with Crippen molar-refractivity contribution >= 4 is 38.6 Å². The lowest BCUT2D eigenvalue weighted by Gasteiger charge is -2.19. The van der Waals surface area contributed by atoms with Crippen LogP contribution in [0.1, 0.15) is 34.0 Å². The van der Waals surface area contributed by atoms with Gasteiger partial charge in [-0.15, -0.1) is 11.3 Å². The summed E-state index contributed by atoms with van der Waals surface area (Å²) in [6.45, 7) is 0.819. The predicted molar refractivity (Wildman–Crippen MR) is 119 cm³/mol. The van der Waals surface area contributed by atoms with Gasteiger partial charge in [-0.1, -0.05) is 0 Å². The van der Waals surface area contributed by atoms with E-state index in [1.54, 1.807) is 30.3 Å². The normalized spacial score (nSPS) is 15.4. The lowest BCUT2D eigenvalue weighted by molar-refractivity contribution is 0.102. The second-order valence-corrected chi connectivity index (χ2v) is 10.0. The van der Waals surface area contributed by atoms with Gasteiger partial charge in [0.2, 0.25) is 0 Å². The highest BCUT2D eigenvalue weighted by atomic mass is 32.2. The van der Waals surface area contributed by atoms with Crippen molar-refractivity contribution in [3.05, 3.63) is 64.4 Å². The number of ether oxygens (including phenoxy) is 2. The average Bonchev–Trinajstić information content (AvgIpc) is 3.50. The first kappa shape index (κ1) is 19.9. The van der Waals surface area contributed by atoms with Gasteiger partial charge in [0.15, 0.2) is 11.5 Å². The van der Waals surface area contributed by atoms with Gasteiger partial charge in [-0.25, -0.2) is 8.42 Å². The number of carbonyl (C=O) groups excluding carboxylic acids is 1. The number of hydrogen-bond donors (Lipinski definition) is 2. The number of fused-ring (bicyclic) bond motifs is 1. The van der Waals surface area contributed by atoms with Crippen LogP contribution in [0.2, 0.25) is 0 Å². The summed E-state index contributed by atoms with van der Waals surface area (Å²) in [5, 5.41) is 4.83. The Hall–Kier alpha value is -3.04. The molecular formula is C22H20N2O5S2. The Balaban J connectivity index is 1.27. The molecule has 160 valence electrons. The number of anilines is 2. The quantitative estimate of drug-likeness (QED) is 0.572. The summed E-state index contributed by atoms with van der Waals surface area (Å²) < 4.78 is 38.9. The molecule has 1 saturated carbocycles. The number of hydrogen-bond acceptors (Lipinski definition) is 6. The van der Waals surface area contributed by atoms with Crippen molar-refractivity contribution in [2.75, 3.05) is 23.3 Å². The molecule has 2 aromatic carbocycles. The van der Waals surface area contributed by atoms with Gasteiger partial charge in [-0.3, -0.25) is 9.52 Å². The van der Waals surface area contributed by atoms with E-state index in [0.29, 0.717) is 42.0 Å². The molecule has 0 unspecified atom stereocenters. The van der Waals surface area contributed by atoms with E-state index in [2.05, 4.69) is 10.0 Å². The molecule has 1 fully saturated rings. The fraction of sp³-hybridized carbons (Fsp3) is 0.227. The fourth-order valence-electron chi connectivity index (χ4n) is 3.43. The number of carbonyl (C=O) groups is 1. The Morgan fingerprint density at radius 2 is 1.65 bits per heavy atom. The van der Waals surface area contributed by atoms with Crippen LogP contribution in [0.4, 0.5) is 11.4 Å². The molecule has 7 nitrogen and oxygen atoms in total. The van der Waals surface area contributed by atoms with Crippen molar-refractivity contribution < 1.29 is 22.7 Å². The zero-order valence-corrected chi connectivity index (χ0v) is 18.1. The molecule has 0 saturated heterocycles. The van der Waals surface area contributed by atoms with Gasteiger partial charge >= 0.3 is 0 Å². The van der Waals surface area contributed by atoms with E-state index < -0.39 is 10.0 Å². The van der Waals surface area contributed by atoms with Crippen LogP contribution in [-0.4, -0.2) is 27.5 Å². The highest BCUT2D eigenvalue weighted by Crippen LogP contribution is 2.43. The molecule has 1 aromatic heterocycles. The third-order valence-electron chi connectivity index (χ3n) is 5.14. The molecular weight excluding hydrogens is 436 g/mol. The molecule has 0 bridgehead atoms. The van der Waals surface area contributed by atoms with Gasteiger partial charge in [-0.2, -0.15) is 0 Å². The smallest absolute Gasteiger partial charge is 0.266 e. The number of rotatable bonds is 6. The summed E-state index contributed by atoms with van der Waals surface area (Å²) >= 11 is 1.44. The lowest BCUT2D eigenvalue weighted by Crippen LogP contribution is -2.17. The highest BCUT2D eigenvalue weighted by Gasteiger charge is 2.29. The number of sulfonamides is 1. The van der Waals surface area contributed by atoms with Crippen molar-refractivity contribution in [3.63, 3.8) is 0 Å². The number of benzene rings is 2. The summed E-state index contributed by atoms with van der Waals surface area (Å²) in [7, 11) is -3.80. The van der Waals surface area contributed by atoms with E-state index in [-0.39, 0.29) is 10.8 Å². The maximum absolute atomic E-state index is 12.7. The summed E-state index contributed by atoms with van der Waals surface area (Å²) in [6.07, 6.45) is 2.27. The first-order chi connectivity index (χ1) is 15.0. The summed E-state index contributed by atoms with van der Waals surface area (Å²) in [5.74, 6) is 1.30. The van der Waals surface area contributed by atoms with Crippen LogP contribution in [0.25, 0.3) is 0 Å². The zero-order valence-electron chi connectivity index (χ0n) is 16.5. The van der Waals surface area contributed by atoms with Crippen molar-refractivity contribution in [2.24, 2.45) is 0 Å². The highest BCUT2D eigenvalue weighted by molar-refractivity contribution is 7.92. The molecule has 0 atom stereocenters. The van der Waals surface area contributed by atoms with E-state index >= 15 is 0 Å². The van der Waals surface area contributed by atoms with Gasteiger partial charge in [0.05, 0.1) is 9.77 Å². The summed E-state index contributed by atoms with van der Waals surface area (Å²) in [5.41, 5.74) is 2.11. The fourth-order valence-corrected chi connectivity index (χ4v) is 5.39. The van der Waals surface area contributed by atoms with E-state index in [9.17, 15) is 13.2 Å². The average molecular weight is 457 g/mol. The van der Waals surface area contributed by atoms with Gasteiger partial charge in [0.1, 0.15) is 13.2 Å². The molecule has 9 heteroatoms. The molecule has 3 aromatic rings. The molecule has 1 aliphatic carbocycles. The largest absolute Gasteiger partial charge is 0.486 e. The van der Waals surface area contributed by atoms with Crippen LogP contribution in [0.15, 0.2) is 58.8 Å². The molecule has 0 spiro atoms. The van der Waals surface area contributed by atoms with Gasteiger partial charge in [-0.05, 0) is 72.2 Å². The second kappa shape index (κ2) is 7.90. The molecule has 5 rings (SSSR count). The molecule has 2 heterocycles. The van der Waals surface area contributed by atoms with Gasteiger partial charge in [0.25, 0.3) is 15.9 Å². The third-order valence-corrected chi connectivity index (χ3v) is 7.45. The van der Waals surface area contributed by atoms with E-state index in [4.69, 9.17) is 9.47 Å². The maximum Gasteiger partial charge on any atom is 0.266 e. The minimum absolute atomic E-state index is 0.0828. The minimum atomic E-state index is -3.80. The molecule has 2 aliphatic rings. The van der Waals surface area contributed by atoms with E-state index in [1.165, 1.54) is 23.5 Å². The zero-order chi connectivity index (χ0) is 21.4. The lowest BCUT2D eigenvalue weighted by atomic mass is 10.1. The van der Waals surface area contributed by atoms with E-state index in [0.717, 1.165) is 23.3 Å². The van der Waals surface area contributed by atoms with Crippen LogP contribution in [-0.2, 0) is 10.0 Å². The summed E-state index contributed by atoms with van der Waals surface area (Å²) in [4.78, 5) is 13.4. The number of thiophene rings is 1. The van der Waals surface area contributed by atoms with Crippen molar-refractivity contribution in [1.29, 1.82) is 0 Å². The maximum atomic E-state index is 12.7. The Bertz CT molecular complexity index is 1230. The third kappa shape index (κ3) is 4.24. The monoisotopic (exact) mass is 456 g/mol. The van der Waals surface area contributed by atoms with Crippen LogP contribution >= 0.6 is 11.3 Å². The first-order valence-corrected chi connectivity index (χ1v) is 12.3. The minimum Gasteiger partial charge on any atom is -0.486 e. The summed E-state index contributed by atoms with van der Waals surface area (Å²) in [6, 6.07) is 13.1. The van der Waals surface area contributed by atoms with E-state index in [1.807, 2.05) is 11.4 Å². The van der Waals surface area contributed by atoms with Crippen molar-refractivity contribution in [3.8, 4) is 11.5 Å². The van der Waals surface area contributed by atoms with Gasteiger partial charge in [0, 0.05) is 17.4 Å². The van der Waals surface area contributed by atoms with Crippen LogP contribution in [0, 0.1) is 0 Å². The van der Waals surface area contributed by atoms with Crippen LogP contribution in [0.5, 0.6) is 11.5 Å². The number of amides is 1. The molecule has 1 amide bonds. The second-order valence-electron chi connectivity index (χ2n) is 7.42. The Morgan fingerprint density at radius 1 is 0.935 bits per heavy atom. The van der Waals surface area contributed by atoms with Crippen molar-refractivity contribution in [1.82, 2.24) is 0 Å². The molecule has 1 aliphatic heterocycles. The van der Waals surface area contributed by atoms with Crippen LogP contribution < -0.4 is 19.5 Å². The SMILES string of the molecule is O=C(Nc1ccc(NS(=O)(=O)c2ccc3c(c2)OCCO3)cc1)c1sccc1C1CC1. The van der Waals surface area contributed by atoms with Gasteiger partial charge < -0.3 is 14.8 Å². The Morgan fingerprint density at radius 3 is 2.39 bits per heavy atom. The molecule has 31 heavy (non-hydrogen) atoms. The predicted octanol–water partition coefficient (Wildman–Crippen LogP) is 4.45. The number of nitrogens with one attached hydrogen (secondary N) is 2. The molecule has 0 radical (unpaired) electrons. The topological polar surface area (TPSA) is 93.7 Å². The van der Waals surface area contributed by atoms with Crippen molar-refractivity contribution in [2.45, 2.75) is 23.7 Å². The molecule has 2 N–H and O–H groups in total. The first-order valence-electron chi connectivity index (χ1n) is 9.91. The Kier molecular flexibility index (Phi) is 5.07. The standard InChI is InChI=1S/C22H20N2O5S2/c25-22(21-18(9-12-30-21)14-1-2-14)23-15-3-5-16(6-4-15)24-31(26,27)17-7-8-19-20(13-17)29-11-10-28-19/h3-9,12-14,24H,1-2,10-11H2,(H,23,25). The Labute approximate surface area is 184 Å². The van der Waals surface area contributed by atoms with Crippen LogP contribution in [0.3, 0.4) is 0 Å².